The Balaban J connectivity index is 2.59. The van der Waals surface area contributed by atoms with Crippen LogP contribution in [0.4, 0.5) is 0 Å². The molecule has 86 valence electrons. The summed E-state index contributed by atoms with van der Waals surface area (Å²) in [7, 11) is -2.58. The van der Waals surface area contributed by atoms with Gasteiger partial charge in [0.15, 0.2) is 0 Å². The lowest BCUT2D eigenvalue weighted by atomic mass is 10.7. The highest BCUT2D eigenvalue weighted by Crippen LogP contribution is 2.22. The van der Waals surface area contributed by atoms with Crippen molar-refractivity contribution in [1.29, 1.82) is 0 Å². The molecule has 0 spiro atoms. The summed E-state index contributed by atoms with van der Waals surface area (Å²) in [5.41, 5.74) is 0. The van der Waals surface area contributed by atoms with Gasteiger partial charge in [0, 0.05) is 0 Å². The van der Waals surface area contributed by atoms with Crippen LogP contribution < -0.4 is 9.00 Å². The first-order valence-electron chi connectivity index (χ1n) is 5.54. The van der Waals surface area contributed by atoms with E-state index in [1.54, 1.807) is 9.00 Å². The molecule has 0 nitrogen and oxygen atoms in total. The Morgan fingerprint density at radius 2 is 1.25 bits per heavy atom. The third-order valence-corrected chi connectivity index (χ3v) is 25.1. The zero-order valence-electron chi connectivity index (χ0n) is 10.3. The maximum Gasteiger partial charge on any atom is 0.132 e. The highest BCUT2D eigenvalue weighted by Gasteiger charge is 2.46. The van der Waals surface area contributed by atoms with Gasteiger partial charge < -0.3 is 0 Å². The first-order valence-corrected chi connectivity index (χ1v) is 14.3. The minimum absolute atomic E-state index is 1.16. The van der Waals surface area contributed by atoms with Crippen LogP contribution in [0.2, 0.25) is 26.2 Å². The third-order valence-electron chi connectivity index (χ3n) is 3.53. The Morgan fingerprint density at radius 3 is 1.50 bits per heavy atom. The van der Waals surface area contributed by atoms with Gasteiger partial charge in [-0.15, -0.1) is 0 Å². The van der Waals surface area contributed by atoms with E-state index in [-0.39, 0.29) is 0 Å². The lowest BCUT2D eigenvalue weighted by molar-refractivity contribution is 1.79. The Labute approximate surface area is 108 Å². The van der Waals surface area contributed by atoms with Gasteiger partial charge in [-0.2, -0.15) is 22.7 Å². The van der Waals surface area contributed by atoms with Gasteiger partial charge in [0.25, 0.3) is 0 Å². The molecule has 4 heteroatoms. The molecule has 0 atom stereocenters. The van der Waals surface area contributed by atoms with E-state index in [2.05, 4.69) is 61.2 Å². The van der Waals surface area contributed by atoms with E-state index < -0.39 is 15.2 Å². The van der Waals surface area contributed by atoms with E-state index in [1.807, 2.05) is 22.7 Å². The molecule has 0 aliphatic rings. The molecule has 0 amide bonds. The van der Waals surface area contributed by atoms with Crippen molar-refractivity contribution < 1.29 is 0 Å². The highest BCUT2D eigenvalue weighted by molar-refractivity contribution is 7.59. The van der Waals surface area contributed by atoms with Gasteiger partial charge in [-0.05, 0) is 19.8 Å². The summed E-state index contributed by atoms with van der Waals surface area (Å²) in [5, 5.41) is 4.46. The number of thiophene rings is 2. The fraction of sp³-hybridized carbons (Fsp3) is 0.333. The zero-order valence-corrected chi connectivity index (χ0v) is 13.9. The largest absolute Gasteiger partial charge is 0.153 e. The average molecular weight is 283 g/mol. The molecular formula is C12H18S2Si2. The van der Waals surface area contributed by atoms with Crippen molar-refractivity contribution in [3.8, 4) is 0 Å². The standard InChI is InChI=1S/C12H18S2Si2/c1-15(2,3)16(4,11-7-5-9-13-11)12-8-6-10-14-12/h5-10H,1-4H3. The molecule has 0 fully saturated rings. The Morgan fingerprint density at radius 1 is 0.812 bits per heavy atom. The summed E-state index contributed by atoms with van der Waals surface area (Å²) in [5.74, 6) is 0. The molecule has 0 aliphatic heterocycles. The van der Waals surface area contributed by atoms with Crippen molar-refractivity contribution in [3.05, 3.63) is 35.0 Å². The smallest absolute Gasteiger partial charge is 0.132 e. The van der Waals surface area contributed by atoms with Crippen molar-refractivity contribution in [2.75, 3.05) is 0 Å². The molecule has 2 heterocycles. The van der Waals surface area contributed by atoms with Crippen LogP contribution in [-0.4, -0.2) is 15.2 Å². The molecule has 2 aromatic heterocycles. The second-order valence-electron chi connectivity index (χ2n) is 5.33. The number of rotatable bonds is 3. The minimum Gasteiger partial charge on any atom is -0.153 e. The Bertz CT molecular complexity index is 404. The predicted octanol–water partition coefficient (Wildman–Crippen LogP) is 3.42. The molecular weight excluding hydrogens is 264 g/mol. The van der Waals surface area contributed by atoms with Crippen molar-refractivity contribution in [3.63, 3.8) is 0 Å². The quantitative estimate of drug-likeness (QED) is 0.757. The minimum atomic E-state index is -1.42. The first-order chi connectivity index (χ1) is 7.46. The van der Waals surface area contributed by atoms with Crippen molar-refractivity contribution in [2.45, 2.75) is 26.2 Å². The van der Waals surface area contributed by atoms with Gasteiger partial charge in [0.2, 0.25) is 0 Å². The molecule has 0 saturated heterocycles. The van der Waals surface area contributed by atoms with Gasteiger partial charge >= 0.3 is 0 Å². The fourth-order valence-electron chi connectivity index (χ4n) is 1.99. The van der Waals surface area contributed by atoms with Crippen LogP contribution in [0.25, 0.3) is 0 Å². The van der Waals surface area contributed by atoms with E-state index in [1.165, 1.54) is 0 Å². The summed E-state index contributed by atoms with van der Waals surface area (Å²) < 4.78 is 3.32. The van der Waals surface area contributed by atoms with Crippen LogP contribution in [-0.2, 0) is 0 Å². The maximum absolute atomic E-state index is 2.57. The van der Waals surface area contributed by atoms with Crippen molar-refractivity contribution in [1.82, 2.24) is 0 Å². The molecule has 0 bridgehead atoms. The van der Waals surface area contributed by atoms with Crippen LogP contribution >= 0.6 is 22.7 Å². The van der Waals surface area contributed by atoms with Gasteiger partial charge in [-0.25, -0.2) is 0 Å². The van der Waals surface area contributed by atoms with Crippen LogP contribution in [0.1, 0.15) is 0 Å². The molecule has 0 aromatic carbocycles. The summed E-state index contributed by atoms with van der Waals surface area (Å²) >= 11 is 3.92. The lowest BCUT2D eigenvalue weighted by Gasteiger charge is -2.37. The molecule has 2 rings (SSSR count). The maximum atomic E-state index is 2.57. The fourth-order valence-corrected chi connectivity index (χ4v) is 20.1. The SMILES string of the molecule is C[Si](C)(C)[Si](C)(c1cccs1)c1cccs1. The molecule has 0 saturated carbocycles. The van der Waals surface area contributed by atoms with E-state index in [0.29, 0.717) is 0 Å². The van der Waals surface area contributed by atoms with E-state index in [9.17, 15) is 0 Å². The van der Waals surface area contributed by atoms with Crippen molar-refractivity contribution in [2.24, 2.45) is 0 Å². The lowest BCUT2D eigenvalue weighted by Crippen LogP contribution is -2.69. The predicted molar refractivity (Wildman–Crippen MR) is 82.9 cm³/mol. The molecule has 16 heavy (non-hydrogen) atoms. The van der Waals surface area contributed by atoms with Gasteiger partial charge in [0.1, 0.15) is 7.59 Å². The molecule has 0 unspecified atom stereocenters. The second-order valence-corrected chi connectivity index (χ2v) is 23.3. The topological polar surface area (TPSA) is 0 Å². The van der Waals surface area contributed by atoms with Crippen LogP contribution in [0.3, 0.4) is 0 Å². The van der Waals surface area contributed by atoms with Gasteiger partial charge in [-0.1, -0.05) is 50.5 Å². The first kappa shape index (κ1) is 12.3. The van der Waals surface area contributed by atoms with Gasteiger partial charge in [-0.3, -0.25) is 0 Å². The Kier molecular flexibility index (Phi) is 3.27. The Hall–Kier alpha value is -0.166. The molecule has 0 aliphatic carbocycles. The van der Waals surface area contributed by atoms with Crippen LogP contribution in [0.15, 0.2) is 35.0 Å². The van der Waals surface area contributed by atoms with E-state index in [0.717, 1.165) is 0 Å². The van der Waals surface area contributed by atoms with Gasteiger partial charge in [0.05, 0.1) is 7.59 Å². The summed E-state index contributed by atoms with van der Waals surface area (Å²) in [4.78, 5) is 0. The molecule has 0 radical (unpaired) electrons. The number of hydrogen-bond acceptors (Lipinski definition) is 2. The van der Waals surface area contributed by atoms with E-state index >= 15 is 0 Å². The molecule has 0 N–H and O–H groups in total. The zero-order chi connectivity index (χ0) is 11.8. The van der Waals surface area contributed by atoms with Crippen LogP contribution in [0.5, 0.6) is 0 Å². The van der Waals surface area contributed by atoms with E-state index in [4.69, 9.17) is 0 Å². The highest BCUT2D eigenvalue weighted by atomic mass is 32.1. The average Bonchev–Trinajstić information content (AvgIpc) is 2.88. The van der Waals surface area contributed by atoms with Crippen molar-refractivity contribution >= 4 is 46.9 Å². The third kappa shape index (κ3) is 1.88. The molecule has 2 aromatic rings. The number of hydrogen-bond donors (Lipinski definition) is 0. The summed E-state index contributed by atoms with van der Waals surface area (Å²) in [6.45, 7) is 10.1. The van der Waals surface area contributed by atoms with Crippen LogP contribution in [0, 0.1) is 0 Å². The normalized spacial score (nSPS) is 13.0. The summed E-state index contributed by atoms with van der Waals surface area (Å²) in [6.07, 6.45) is 0. The summed E-state index contributed by atoms with van der Waals surface area (Å²) in [6, 6.07) is 9.13. The second kappa shape index (κ2) is 4.25. The monoisotopic (exact) mass is 282 g/mol.